The summed E-state index contributed by atoms with van der Waals surface area (Å²) in [6, 6.07) is 5.99. The molecule has 0 fully saturated rings. The lowest BCUT2D eigenvalue weighted by molar-refractivity contribution is -0.129. The van der Waals surface area contributed by atoms with Gasteiger partial charge < -0.3 is 14.7 Å². The van der Waals surface area contributed by atoms with Gasteiger partial charge in [0.1, 0.15) is 12.0 Å². The van der Waals surface area contributed by atoms with Crippen molar-refractivity contribution in [1.29, 1.82) is 0 Å². The van der Waals surface area contributed by atoms with Crippen molar-refractivity contribution in [2.75, 3.05) is 13.2 Å². The van der Waals surface area contributed by atoms with Crippen molar-refractivity contribution in [2.45, 2.75) is 51.8 Å². The lowest BCUT2D eigenvalue weighted by Gasteiger charge is -2.28. The number of hydrogen-bond acceptors (Lipinski definition) is 4. The van der Waals surface area contributed by atoms with Crippen LogP contribution in [0.1, 0.15) is 43.7 Å². The predicted octanol–water partition coefficient (Wildman–Crippen LogP) is 1.81. The van der Waals surface area contributed by atoms with Gasteiger partial charge in [-0.15, -0.1) is 0 Å². The largest absolute Gasteiger partial charge is 0.476 e. The molecule has 1 aliphatic rings. The number of rotatable bonds is 7. The molecule has 1 aromatic carbocycles. The number of amides is 1. The Bertz CT molecular complexity index is 505. The zero-order chi connectivity index (χ0) is 15.9. The first-order valence-corrected chi connectivity index (χ1v) is 8.00. The van der Waals surface area contributed by atoms with Gasteiger partial charge in [-0.25, -0.2) is 0 Å². The van der Waals surface area contributed by atoms with E-state index in [0.717, 1.165) is 44.4 Å². The molecule has 1 atom stereocenters. The summed E-state index contributed by atoms with van der Waals surface area (Å²) >= 11 is 0. The molecule has 122 valence electrons. The first kappa shape index (κ1) is 16.8. The van der Waals surface area contributed by atoms with Crippen molar-refractivity contribution in [1.82, 2.24) is 4.90 Å². The number of nitrogens with two attached hydrogens (primary N) is 1. The molecule has 0 radical (unpaired) electrons. The van der Waals surface area contributed by atoms with Gasteiger partial charge >= 0.3 is 0 Å². The highest BCUT2D eigenvalue weighted by Crippen LogP contribution is 2.24. The van der Waals surface area contributed by atoms with Crippen LogP contribution in [0.3, 0.4) is 0 Å². The van der Waals surface area contributed by atoms with E-state index in [1.807, 2.05) is 23.1 Å². The number of aliphatic hydroxyl groups is 1. The molecule has 22 heavy (non-hydrogen) atoms. The molecule has 5 heteroatoms. The molecule has 0 aromatic heterocycles. The number of hydrogen-bond donors (Lipinski definition) is 2. The van der Waals surface area contributed by atoms with Crippen molar-refractivity contribution in [2.24, 2.45) is 5.73 Å². The highest BCUT2D eigenvalue weighted by Gasteiger charge is 2.18. The maximum Gasteiger partial charge on any atom is 0.219 e. The maximum atomic E-state index is 11.4. The SMILES string of the molecule is CC(=O)N1CCc2cc(OC(N)CCCCCO)ccc2C1. The van der Waals surface area contributed by atoms with Gasteiger partial charge in [-0.1, -0.05) is 12.5 Å². The van der Waals surface area contributed by atoms with E-state index in [4.69, 9.17) is 15.6 Å². The van der Waals surface area contributed by atoms with E-state index in [9.17, 15) is 4.79 Å². The third-order valence-corrected chi connectivity index (χ3v) is 4.07. The van der Waals surface area contributed by atoms with Crippen molar-refractivity contribution in [3.05, 3.63) is 29.3 Å². The first-order chi connectivity index (χ1) is 10.6. The molecule has 0 aliphatic carbocycles. The van der Waals surface area contributed by atoms with E-state index in [-0.39, 0.29) is 18.7 Å². The van der Waals surface area contributed by atoms with Crippen LogP contribution in [0.5, 0.6) is 5.75 Å². The van der Waals surface area contributed by atoms with Gasteiger partial charge in [-0.3, -0.25) is 10.5 Å². The van der Waals surface area contributed by atoms with E-state index in [2.05, 4.69) is 0 Å². The third-order valence-electron chi connectivity index (χ3n) is 4.07. The monoisotopic (exact) mass is 306 g/mol. The summed E-state index contributed by atoms with van der Waals surface area (Å²) in [7, 11) is 0. The van der Waals surface area contributed by atoms with Crippen LogP contribution in [-0.2, 0) is 17.8 Å². The summed E-state index contributed by atoms with van der Waals surface area (Å²) in [4.78, 5) is 13.3. The molecular weight excluding hydrogens is 280 g/mol. The second kappa shape index (κ2) is 8.15. The number of carbonyl (C=O) groups excluding carboxylic acids is 1. The molecule has 1 aliphatic heterocycles. The van der Waals surface area contributed by atoms with Crippen molar-refractivity contribution < 1.29 is 14.6 Å². The van der Waals surface area contributed by atoms with Crippen LogP contribution < -0.4 is 10.5 Å². The molecule has 0 bridgehead atoms. The van der Waals surface area contributed by atoms with Gasteiger partial charge in [0.25, 0.3) is 0 Å². The molecule has 1 heterocycles. The van der Waals surface area contributed by atoms with E-state index in [1.165, 1.54) is 11.1 Å². The number of unbranched alkanes of at least 4 members (excludes halogenated alkanes) is 2. The number of fused-ring (bicyclic) bond motifs is 1. The molecule has 1 aromatic rings. The second-order valence-corrected chi connectivity index (χ2v) is 5.85. The van der Waals surface area contributed by atoms with Crippen LogP contribution in [0.4, 0.5) is 0 Å². The normalized spacial score (nSPS) is 15.3. The lowest BCUT2D eigenvalue weighted by atomic mass is 9.99. The van der Waals surface area contributed by atoms with Gasteiger partial charge in [0.05, 0.1) is 0 Å². The summed E-state index contributed by atoms with van der Waals surface area (Å²) in [5.41, 5.74) is 8.41. The van der Waals surface area contributed by atoms with Gasteiger partial charge in [0.15, 0.2) is 0 Å². The van der Waals surface area contributed by atoms with E-state index < -0.39 is 0 Å². The molecule has 0 saturated carbocycles. The van der Waals surface area contributed by atoms with Crippen LogP contribution >= 0.6 is 0 Å². The van der Waals surface area contributed by atoms with Crippen molar-refractivity contribution in [3.63, 3.8) is 0 Å². The number of benzene rings is 1. The lowest BCUT2D eigenvalue weighted by Crippen LogP contribution is -2.34. The summed E-state index contributed by atoms with van der Waals surface area (Å²) in [6.45, 7) is 3.29. The summed E-state index contributed by atoms with van der Waals surface area (Å²) in [5.74, 6) is 0.917. The molecular formula is C17H26N2O3. The highest BCUT2D eigenvalue weighted by atomic mass is 16.5. The smallest absolute Gasteiger partial charge is 0.219 e. The molecule has 1 unspecified atom stereocenters. The average molecular weight is 306 g/mol. The second-order valence-electron chi connectivity index (χ2n) is 5.85. The Morgan fingerprint density at radius 1 is 1.36 bits per heavy atom. The van der Waals surface area contributed by atoms with Crippen LogP contribution in [0.25, 0.3) is 0 Å². The Balaban J connectivity index is 1.88. The number of aliphatic hydroxyl groups excluding tert-OH is 1. The fourth-order valence-electron chi connectivity index (χ4n) is 2.74. The molecule has 2 rings (SSSR count). The van der Waals surface area contributed by atoms with Gasteiger partial charge in [0, 0.05) is 26.6 Å². The highest BCUT2D eigenvalue weighted by molar-refractivity contribution is 5.73. The van der Waals surface area contributed by atoms with Crippen molar-refractivity contribution in [3.8, 4) is 5.75 Å². The minimum Gasteiger partial charge on any atom is -0.476 e. The minimum absolute atomic E-state index is 0.121. The Morgan fingerprint density at radius 3 is 2.91 bits per heavy atom. The Labute approximate surface area is 132 Å². The molecule has 0 spiro atoms. The van der Waals surface area contributed by atoms with E-state index >= 15 is 0 Å². The fourth-order valence-corrected chi connectivity index (χ4v) is 2.74. The van der Waals surface area contributed by atoms with E-state index in [0.29, 0.717) is 6.54 Å². The molecule has 5 nitrogen and oxygen atoms in total. The fraction of sp³-hybridized carbons (Fsp3) is 0.588. The minimum atomic E-state index is -0.311. The van der Waals surface area contributed by atoms with E-state index in [1.54, 1.807) is 6.92 Å². The van der Waals surface area contributed by atoms with Crippen LogP contribution in [-0.4, -0.2) is 35.3 Å². The summed E-state index contributed by atoms with van der Waals surface area (Å²) in [6.07, 6.45) is 4.08. The summed E-state index contributed by atoms with van der Waals surface area (Å²) < 4.78 is 5.77. The number of nitrogens with zero attached hydrogens (tertiary/aromatic N) is 1. The van der Waals surface area contributed by atoms with Gasteiger partial charge in [-0.2, -0.15) is 0 Å². The maximum absolute atomic E-state index is 11.4. The van der Waals surface area contributed by atoms with Crippen LogP contribution in [0.15, 0.2) is 18.2 Å². The Kier molecular flexibility index (Phi) is 6.21. The topological polar surface area (TPSA) is 75.8 Å². The average Bonchev–Trinajstić information content (AvgIpc) is 2.51. The zero-order valence-corrected chi connectivity index (χ0v) is 13.3. The molecule has 3 N–H and O–H groups in total. The van der Waals surface area contributed by atoms with Crippen molar-refractivity contribution >= 4 is 5.91 Å². The zero-order valence-electron chi connectivity index (χ0n) is 13.3. The number of ether oxygens (including phenoxy) is 1. The first-order valence-electron chi connectivity index (χ1n) is 8.00. The molecule has 1 amide bonds. The van der Waals surface area contributed by atoms with Crippen LogP contribution in [0.2, 0.25) is 0 Å². The van der Waals surface area contributed by atoms with Gasteiger partial charge in [-0.05, 0) is 48.9 Å². The Morgan fingerprint density at radius 2 is 2.18 bits per heavy atom. The predicted molar refractivity (Wildman–Crippen MR) is 85.4 cm³/mol. The number of carbonyl (C=O) groups is 1. The molecule has 0 saturated heterocycles. The van der Waals surface area contributed by atoms with Crippen LogP contribution in [0, 0.1) is 0 Å². The van der Waals surface area contributed by atoms with Gasteiger partial charge in [0.2, 0.25) is 5.91 Å². The standard InChI is InChI=1S/C17H26N2O3/c1-13(21)19-9-8-14-11-16(7-6-15(14)12-19)22-17(18)5-3-2-4-10-20/h6-7,11,17,20H,2-5,8-10,12,18H2,1H3. The Hall–Kier alpha value is -1.59. The summed E-state index contributed by atoms with van der Waals surface area (Å²) in [5, 5.41) is 8.75. The third kappa shape index (κ3) is 4.71. The quantitative estimate of drug-likeness (QED) is 0.595.